The number of carbonyl (C=O) groups is 1. The number of para-hydroxylation sites is 2. The summed E-state index contributed by atoms with van der Waals surface area (Å²) in [7, 11) is 1.56. The highest BCUT2D eigenvalue weighted by molar-refractivity contribution is 5.92. The zero-order valence-corrected chi connectivity index (χ0v) is 15.2. The Bertz CT molecular complexity index is 1090. The summed E-state index contributed by atoms with van der Waals surface area (Å²) >= 11 is 0. The van der Waals surface area contributed by atoms with Gasteiger partial charge < -0.3 is 19.1 Å². The zero-order valence-electron chi connectivity index (χ0n) is 15.2. The van der Waals surface area contributed by atoms with Crippen LogP contribution in [0.5, 0.6) is 5.75 Å². The summed E-state index contributed by atoms with van der Waals surface area (Å²) in [5.74, 6) is 1.27. The molecule has 7 nitrogen and oxygen atoms in total. The molecular weight excluding hydrogens is 356 g/mol. The number of carbonyl (C=O) groups excluding carboxylic acids is 1. The molecule has 0 spiro atoms. The third-order valence-corrected chi connectivity index (χ3v) is 4.20. The molecule has 2 aromatic carbocycles. The van der Waals surface area contributed by atoms with Crippen LogP contribution in [-0.2, 0) is 11.3 Å². The van der Waals surface area contributed by atoms with E-state index >= 15 is 0 Å². The molecule has 140 valence electrons. The fraction of sp³-hybridized carbons (Fsp3) is 0.0952. The van der Waals surface area contributed by atoms with Crippen molar-refractivity contribution in [1.29, 1.82) is 0 Å². The van der Waals surface area contributed by atoms with Crippen molar-refractivity contribution in [3.63, 3.8) is 0 Å². The Hall–Kier alpha value is -3.87. The molecule has 0 radical (unpaired) electrons. The van der Waals surface area contributed by atoms with Gasteiger partial charge in [-0.15, -0.1) is 0 Å². The Morgan fingerprint density at radius 3 is 2.68 bits per heavy atom. The predicted octanol–water partition coefficient (Wildman–Crippen LogP) is 3.85. The van der Waals surface area contributed by atoms with Crippen LogP contribution in [0.4, 0.5) is 5.69 Å². The van der Waals surface area contributed by atoms with Gasteiger partial charge in [0, 0.05) is 11.8 Å². The van der Waals surface area contributed by atoms with E-state index in [0.29, 0.717) is 28.8 Å². The lowest BCUT2D eigenvalue weighted by molar-refractivity contribution is -0.116. The Morgan fingerprint density at radius 2 is 1.86 bits per heavy atom. The molecule has 0 bridgehead atoms. The quantitative estimate of drug-likeness (QED) is 0.554. The van der Waals surface area contributed by atoms with Gasteiger partial charge >= 0.3 is 0 Å². The minimum Gasteiger partial charge on any atom is -0.495 e. The van der Waals surface area contributed by atoms with Crippen LogP contribution in [0.3, 0.4) is 0 Å². The number of hydrogen-bond donors (Lipinski definition) is 1. The maximum absolute atomic E-state index is 12.5. The van der Waals surface area contributed by atoms with E-state index in [-0.39, 0.29) is 12.5 Å². The Morgan fingerprint density at radius 1 is 1.07 bits per heavy atom. The van der Waals surface area contributed by atoms with Crippen molar-refractivity contribution < 1.29 is 14.1 Å². The number of anilines is 1. The van der Waals surface area contributed by atoms with Crippen molar-refractivity contribution in [3.05, 3.63) is 72.9 Å². The second-order valence-corrected chi connectivity index (χ2v) is 6.06. The molecule has 2 heterocycles. The average molecular weight is 374 g/mol. The largest absolute Gasteiger partial charge is 0.495 e. The number of nitrogens with zero attached hydrogens (tertiary/aromatic N) is 3. The summed E-state index contributed by atoms with van der Waals surface area (Å²) in [4.78, 5) is 17.0. The van der Waals surface area contributed by atoms with Crippen LogP contribution < -0.4 is 10.1 Å². The van der Waals surface area contributed by atoms with Crippen LogP contribution in [0, 0.1) is 0 Å². The van der Waals surface area contributed by atoms with Gasteiger partial charge in [-0.05, 0) is 24.3 Å². The summed E-state index contributed by atoms with van der Waals surface area (Å²) < 4.78 is 12.4. The maximum atomic E-state index is 12.5. The molecule has 0 saturated heterocycles. The van der Waals surface area contributed by atoms with Crippen molar-refractivity contribution in [2.45, 2.75) is 6.54 Å². The summed E-state index contributed by atoms with van der Waals surface area (Å²) in [6.07, 6.45) is 1.80. The van der Waals surface area contributed by atoms with E-state index in [1.54, 1.807) is 30.0 Å². The van der Waals surface area contributed by atoms with Gasteiger partial charge in [-0.25, -0.2) is 0 Å². The Balaban J connectivity index is 1.52. The van der Waals surface area contributed by atoms with E-state index < -0.39 is 0 Å². The summed E-state index contributed by atoms with van der Waals surface area (Å²) in [6.45, 7) is 0.101. The van der Waals surface area contributed by atoms with Gasteiger partial charge in [-0.3, -0.25) is 4.79 Å². The van der Waals surface area contributed by atoms with E-state index in [1.165, 1.54) is 0 Å². The smallest absolute Gasteiger partial charge is 0.274 e. The molecule has 0 aliphatic rings. The van der Waals surface area contributed by atoms with Gasteiger partial charge in [-0.1, -0.05) is 47.6 Å². The summed E-state index contributed by atoms with van der Waals surface area (Å²) in [6, 6.07) is 20.5. The second-order valence-electron chi connectivity index (χ2n) is 6.06. The Kier molecular flexibility index (Phi) is 4.88. The summed E-state index contributed by atoms with van der Waals surface area (Å²) in [5, 5.41) is 6.89. The number of ether oxygens (including phenoxy) is 1. The number of nitrogens with one attached hydrogen (secondary N) is 1. The van der Waals surface area contributed by atoms with Gasteiger partial charge in [-0.2, -0.15) is 4.98 Å². The molecule has 28 heavy (non-hydrogen) atoms. The number of amides is 1. The minimum atomic E-state index is -0.190. The van der Waals surface area contributed by atoms with Gasteiger partial charge in [0.2, 0.25) is 11.7 Å². The number of aromatic nitrogens is 3. The lowest BCUT2D eigenvalue weighted by Crippen LogP contribution is -2.19. The predicted molar refractivity (Wildman–Crippen MR) is 105 cm³/mol. The minimum absolute atomic E-state index is 0.101. The van der Waals surface area contributed by atoms with E-state index in [0.717, 1.165) is 5.56 Å². The molecule has 0 aliphatic carbocycles. The first-order chi connectivity index (χ1) is 13.7. The lowest BCUT2D eigenvalue weighted by Gasteiger charge is -2.11. The van der Waals surface area contributed by atoms with Crippen LogP contribution in [0.2, 0.25) is 0 Å². The lowest BCUT2D eigenvalue weighted by atomic mass is 10.2. The van der Waals surface area contributed by atoms with Crippen molar-refractivity contribution in [2.75, 3.05) is 12.4 Å². The summed E-state index contributed by atoms with van der Waals surface area (Å²) in [5.41, 5.74) is 2.15. The number of methoxy groups -OCH3 is 1. The number of hydrogen-bond acceptors (Lipinski definition) is 5. The normalized spacial score (nSPS) is 10.6. The van der Waals surface area contributed by atoms with E-state index in [2.05, 4.69) is 15.5 Å². The molecular formula is C21H18N4O3. The molecule has 0 unspecified atom stereocenters. The van der Waals surface area contributed by atoms with Gasteiger partial charge in [0.1, 0.15) is 18.0 Å². The van der Waals surface area contributed by atoms with Crippen LogP contribution >= 0.6 is 0 Å². The van der Waals surface area contributed by atoms with Gasteiger partial charge in [0.05, 0.1) is 12.8 Å². The molecule has 0 fully saturated rings. The van der Waals surface area contributed by atoms with Crippen molar-refractivity contribution >= 4 is 11.6 Å². The molecule has 4 aromatic rings. The fourth-order valence-corrected chi connectivity index (χ4v) is 2.87. The highest BCUT2D eigenvalue weighted by atomic mass is 16.5. The van der Waals surface area contributed by atoms with E-state index in [1.807, 2.05) is 54.6 Å². The fourth-order valence-electron chi connectivity index (χ4n) is 2.87. The second kappa shape index (κ2) is 7.79. The molecule has 0 aliphatic heterocycles. The van der Waals surface area contributed by atoms with Crippen LogP contribution in [0.25, 0.3) is 23.0 Å². The molecule has 2 aromatic heterocycles. The first kappa shape index (κ1) is 17.5. The molecule has 0 atom stereocenters. The van der Waals surface area contributed by atoms with Gasteiger partial charge in [0.25, 0.3) is 5.89 Å². The van der Waals surface area contributed by atoms with Crippen molar-refractivity contribution in [1.82, 2.24) is 14.7 Å². The monoisotopic (exact) mass is 374 g/mol. The molecule has 7 heteroatoms. The molecule has 1 N–H and O–H groups in total. The maximum Gasteiger partial charge on any atom is 0.274 e. The third-order valence-electron chi connectivity index (χ3n) is 4.20. The van der Waals surface area contributed by atoms with Crippen LogP contribution in [-0.4, -0.2) is 27.7 Å². The average Bonchev–Trinajstić information content (AvgIpc) is 3.38. The van der Waals surface area contributed by atoms with Crippen LogP contribution in [0.15, 0.2) is 77.4 Å². The van der Waals surface area contributed by atoms with Crippen molar-refractivity contribution in [3.8, 4) is 28.7 Å². The SMILES string of the molecule is COc1ccccc1NC(=O)Cn1cccc1-c1nc(-c2ccccc2)no1. The highest BCUT2D eigenvalue weighted by Crippen LogP contribution is 2.24. The van der Waals surface area contributed by atoms with Crippen molar-refractivity contribution in [2.24, 2.45) is 0 Å². The Labute approximate surface area is 161 Å². The molecule has 0 saturated carbocycles. The van der Waals surface area contributed by atoms with E-state index in [4.69, 9.17) is 9.26 Å². The standard InChI is InChI=1S/C21H18N4O3/c1-27-18-12-6-5-10-16(18)22-19(26)14-25-13-7-11-17(25)21-23-20(24-28-21)15-8-3-2-4-9-15/h2-13H,14H2,1H3,(H,22,26). The number of rotatable bonds is 6. The van der Waals surface area contributed by atoms with Crippen LogP contribution in [0.1, 0.15) is 0 Å². The van der Waals surface area contributed by atoms with E-state index in [9.17, 15) is 4.79 Å². The highest BCUT2D eigenvalue weighted by Gasteiger charge is 2.16. The first-order valence-electron chi connectivity index (χ1n) is 8.72. The first-order valence-corrected chi connectivity index (χ1v) is 8.72. The molecule has 4 rings (SSSR count). The number of benzene rings is 2. The third kappa shape index (κ3) is 3.64. The van der Waals surface area contributed by atoms with Gasteiger partial charge in [0.15, 0.2) is 0 Å². The molecule has 1 amide bonds. The zero-order chi connectivity index (χ0) is 19.3. The topological polar surface area (TPSA) is 82.2 Å².